The van der Waals surface area contributed by atoms with E-state index in [0.717, 1.165) is 25.0 Å². The number of hydrogen-bond acceptors (Lipinski definition) is 5. The molecule has 2 heterocycles. The molecule has 2 aliphatic heterocycles. The lowest BCUT2D eigenvalue weighted by molar-refractivity contribution is 0.0337. The van der Waals surface area contributed by atoms with Crippen LogP contribution in [0.25, 0.3) is 0 Å². The second-order valence-electron chi connectivity index (χ2n) is 8.17. The van der Waals surface area contributed by atoms with E-state index >= 15 is 0 Å². The number of nitrogens with one attached hydrogen (secondary N) is 1. The molecule has 1 unspecified atom stereocenters. The van der Waals surface area contributed by atoms with E-state index < -0.39 is 38.7 Å². The Bertz CT molecular complexity index is 852. The van der Waals surface area contributed by atoms with Crippen molar-refractivity contribution in [1.29, 1.82) is 0 Å². The van der Waals surface area contributed by atoms with Gasteiger partial charge in [0.1, 0.15) is 17.2 Å². The normalized spacial score (nSPS) is 23.2. The molecule has 0 bridgehead atoms. The minimum absolute atomic E-state index is 0. The van der Waals surface area contributed by atoms with Crippen molar-refractivity contribution in [1.82, 2.24) is 14.5 Å². The van der Waals surface area contributed by atoms with E-state index in [1.54, 1.807) is 0 Å². The summed E-state index contributed by atoms with van der Waals surface area (Å²) >= 11 is 0. The van der Waals surface area contributed by atoms with Crippen molar-refractivity contribution in [2.45, 2.75) is 38.1 Å². The van der Waals surface area contributed by atoms with Crippen molar-refractivity contribution >= 4 is 28.3 Å². The van der Waals surface area contributed by atoms with E-state index in [1.165, 1.54) is 10.4 Å². The SMILES string of the molecule is CCCS(=O)(=O)N1CCN(C2(CNC(=O)c3c(F)cccc3F)CCCOCC2)CC1.Cl. The lowest BCUT2D eigenvalue weighted by Gasteiger charge is -2.47. The van der Waals surface area contributed by atoms with Gasteiger partial charge in [-0.2, -0.15) is 4.31 Å². The fourth-order valence-corrected chi connectivity index (χ4v) is 5.97. The van der Waals surface area contributed by atoms with Crippen LogP contribution in [0.5, 0.6) is 0 Å². The van der Waals surface area contributed by atoms with Crippen LogP contribution in [0.2, 0.25) is 0 Å². The molecule has 32 heavy (non-hydrogen) atoms. The second-order valence-corrected chi connectivity index (χ2v) is 10.3. The first kappa shape index (κ1) is 26.9. The van der Waals surface area contributed by atoms with E-state index in [0.29, 0.717) is 52.2 Å². The van der Waals surface area contributed by atoms with Crippen LogP contribution in [-0.2, 0) is 14.8 Å². The van der Waals surface area contributed by atoms with Crippen LogP contribution < -0.4 is 5.32 Å². The minimum Gasteiger partial charge on any atom is -0.381 e. The van der Waals surface area contributed by atoms with E-state index in [2.05, 4.69) is 10.2 Å². The molecule has 2 saturated heterocycles. The predicted molar refractivity (Wildman–Crippen MR) is 121 cm³/mol. The number of halogens is 3. The van der Waals surface area contributed by atoms with Crippen LogP contribution in [0.3, 0.4) is 0 Å². The summed E-state index contributed by atoms with van der Waals surface area (Å²) < 4.78 is 59.9. The van der Waals surface area contributed by atoms with Gasteiger partial charge in [-0.25, -0.2) is 17.2 Å². The molecule has 3 rings (SSSR count). The molecular weight excluding hydrogens is 464 g/mol. The molecule has 0 radical (unpaired) electrons. The van der Waals surface area contributed by atoms with Gasteiger partial charge in [-0.15, -0.1) is 12.4 Å². The van der Waals surface area contributed by atoms with Gasteiger partial charge in [-0.3, -0.25) is 9.69 Å². The van der Waals surface area contributed by atoms with Crippen molar-refractivity contribution in [2.24, 2.45) is 0 Å². The van der Waals surface area contributed by atoms with E-state index in [9.17, 15) is 22.0 Å². The zero-order valence-electron chi connectivity index (χ0n) is 18.3. The average molecular weight is 496 g/mol. The smallest absolute Gasteiger partial charge is 0.257 e. The van der Waals surface area contributed by atoms with E-state index in [4.69, 9.17) is 4.74 Å². The number of nitrogens with zero attached hydrogens (tertiary/aromatic N) is 2. The van der Waals surface area contributed by atoms with Gasteiger partial charge in [0.05, 0.1) is 5.75 Å². The standard InChI is InChI=1S/C21H31F2N3O4S.ClH/c1-2-15-31(28,29)26-11-9-25(10-12-26)21(7-4-13-30-14-8-21)16-24-20(27)19-17(22)5-3-6-18(19)23;/h3,5-6H,2,4,7-16H2,1H3,(H,24,27);1H. The molecule has 0 aromatic heterocycles. The first-order chi connectivity index (χ1) is 14.8. The molecule has 1 atom stereocenters. The summed E-state index contributed by atoms with van der Waals surface area (Å²) in [7, 11) is -3.26. The van der Waals surface area contributed by atoms with Crippen molar-refractivity contribution in [3.05, 3.63) is 35.4 Å². The van der Waals surface area contributed by atoms with Crippen LogP contribution in [0, 0.1) is 11.6 Å². The number of rotatable bonds is 7. The quantitative estimate of drug-likeness (QED) is 0.628. The Morgan fingerprint density at radius 2 is 1.78 bits per heavy atom. The van der Waals surface area contributed by atoms with Crippen molar-refractivity contribution < 1.29 is 26.7 Å². The Morgan fingerprint density at radius 3 is 2.41 bits per heavy atom. The fourth-order valence-electron chi connectivity index (χ4n) is 4.47. The monoisotopic (exact) mass is 495 g/mol. The van der Waals surface area contributed by atoms with Gasteiger partial charge >= 0.3 is 0 Å². The first-order valence-corrected chi connectivity index (χ1v) is 12.4. The Hall–Kier alpha value is -1.33. The highest BCUT2D eigenvalue weighted by Crippen LogP contribution is 2.30. The van der Waals surface area contributed by atoms with Crippen LogP contribution in [-0.4, -0.2) is 80.8 Å². The summed E-state index contributed by atoms with van der Waals surface area (Å²) in [5.74, 6) is -2.45. The van der Waals surface area contributed by atoms with E-state index in [-0.39, 0.29) is 24.7 Å². The first-order valence-electron chi connectivity index (χ1n) is 10.8. The van der Waals surface area contributed by atoms with Crippen molar-refractivity contribution in [3.8, 4) is 0 Å². The molecule has 0 spiro atoms. The lowest BCUT2D eigenvalue weighted by Crippen LogP contribution is -2.62. The number of sulfonamides is 1. The molecule has 0 aliphatic carbocycles. The molecule has 2 aliphatic rings. The predicted octanol–water partition coefficient (Wildman–Crippen LogP) is 2.41. The van der Waals surface area contributed by atoms with Gasteiger partial charge < -0.3 is 10.1 Å². The Morgan fingerprint density at radius 1 is 1.12 bits per heavy atom. The van der Waals surface area contributed by atoms with Gasteiger partial charge in [-0.1, -0.05) is 13.0 Å². The van der Waals surface area contributed by atoms with E-state index in [1.807, 2.05) is 6.92 Å². The minimum atomic E-state index is -3.26. The van der Waals surface area contributed by atoms with Crippen LogP contribution in [0.4, 0.5) is 8.78 Å². The summed E-state index contributed by atoms with van der Waals surface area (Å²) in [5.41, 5.74) is -1.04. The molecule has 0 saturated carbocycles. The number of hydrogen-bond donors (Lipinski definition) is 1. The average Bonchev–Trinajstić information content (AvgIpc) is 2.99. The van der Waals surface area contributed by atoms with Crippen molar-refractivity contribution in [2.75, 3.05) is 51.7 Å². The largest absolute Gasteiger partial charge is 0.381 e. The third kappa shape index (κ3) is 6.17. The third-order valence-electron chi connectivity index (χ3n) is 6.18. The zero-order valence-corrected chi connectivity index (χ0v) is 20.0. The van der Waals surface area contributed by atoms with Crippen LogP contribution in [0.1, 0.15) is 43.0 Å². The highest BCUT2D eigenvalue weighted by molar-refractivity contribution is 7.89. The third-order valence-corrected chi connectivity index (χ3v) is 8.25. The molecule has 1 N–H and O–H groups in total. The summed E-state index contributed by atoms with van der Waals surface area (Å²) in [6.45, 7) is 5.03. The number of carbonyl (C=O) groups excluding carboxylic acids is 1. The maximum atomic E-state index is 14.0. The van der Waals surface area contributed by atoms with Gasteiger partial charge in [0, 0.05) is 51.5 Å². The number of amides is 1. The molecular formula is C21H32ClF2N3O4S. The summed E-state index contributed by atoms with van der Waals surface area (Å²) in [4.78, 5) is 14.8. The van der Waals surface area contributed by atoms with Crippen LogP contribution in [0.15, 0.2) is 18.2 Å². The highest BCUT2D eigenvalue weighted by atomic mass is 35.5. The van der Waals surface area contributed by atoms with Crippen molar-refractivity contribution in [3.63, 3.8) is 0 Å². The van der Waals surface area contributed by atoms with Gasteiger partial charge in [-0.05, 0) is 37.8 Å². The number of benzene rings is 1. The Balaban J connectivity index is 0.00000363. The topological polar surface area (TPSA) is 79.0 Å². The molecule has 1 amide bonds. The number of piperazine rings is 1. The fraction of sp³-hybridized carbons (Fsp3) is 0.667. The molecule has 7 nitrogen and oxygen atoms in total. The Labute approximate surface area is 194 Å². The molecule has 1 aromatic rings. The summed E-state index contributed by atoms with van der Waals surface area (Å²) in [5, 5.41) is 2.73. The second kappa shape index (κ2) is 11.7. The lowest BCUT2D eigenvalue weighted by atomic mass is 9.87. The number of carbonyl (C=O) groups is 1. The summed E-state index contributed by atoms with van der Waals surface area (Å²) in [6, 6.07) is 3.34. The van der Waals surface area contributed by atoms with Gasteiger partial charge in [0.25, 0.3) is 5.91 Å². The Kier molecular flexibility index (Phi) is 9.84. The maximum Gasteiger partial charge on any atom is 0.257 e. The highest BCUT2D eigenvalue weighted by Gasteiger charge is 2.40. The molecule has 1 aromatic carbocycles. The van der Waals surface area contributed by atoms with Crippen LogP contribution >= 0.6 is 12.4 Å². The molecule has 2 fully saturated rings. The van der Waals surface area contributed by atoms with Gasteiger partial charge in [0.15, 0.2) is 0 Å². The molecule has 182 valence electrons. The summed E-state index contributed by atoms with van der Waals surface area (Å²) in [6.07, 6.45) is 2.75. The number of ether oxygens (including phenoxy) is 1. The molecule has 11 heteroatoms. The zero-order chi connectivity index (χ0) is 22.5. The maximum absolute atomic E-state index is 14.0. The van der Waals surface area contributed by atoms with Gasteiger partial charge in [0.2, 0.25) is 10.0 Å².